The van der Waals surface area contributed by atoms with Crippen molar-refractivity contribution in [2.24, 2.45) is 7.05 Å². The Bertz CT molecular complexity index is 419. The molecule has 2 heterocycles. The highest BCUT2D eigenvalue weighted by molar-refractivity contribution is 7.07. The molecular weight excluding hydrogens is 208 g/mol. The fourth-order valence-electron chi connectivity index (χ4n) is 1.45. The molecule has 0 saturated heterocycles. The normalized spacial score (nSPS) is 10.5. The second-order valence-corrected chi connectivity index (χ2v) is 4.07. The first-order chi connectivity index (χ1) is 7.29. The van der Waals surface area contributed by atoms with Crippen LogP contribution in [0.4, 0.5) is 5.69 Å². The van der Waals surface area contributed by atoms with Gasteiger partial charge in [0.25, 0.3) is 0 Å². The first-order valence-corrected chi connectivity index (χ1v) is 5.87. The SMILES string of the molecule is CCc1nn(C)cc1NCc1cscn1. The lowest BCUT2D eigenvalue weighted by Gasteiger charge is -2.02. The summed E-state index contributed by atoms with van der Waals surface area (Å²) in [5.41, 5.74) is 5.13. The summed E-state index contributed by atoms with van der Waals surface area (Å²) in [5, 5.41) is 9.76. The highest BCUT2D eigenvalue weighted by atomic mass is 32.1. The van der Waals surface area contributed by atoms with Gasteiger partial charge in [0.15, 0.2) is 0 Å². The van der Waals surface area contributed by atoms with E-state index in [-0.39, 0.29) is 0 Å². The second kappa shape index (κ2) is 4.44. The number of thiazole rings is 1. The Morgan fingerprint density at radius 2 is 2.40 bits per heavy atom. The van der Waals surface area contributed by atoms with E-state index in [1.54, 1.807) is 11.3 Å². The summed E-state index contributed by atoms with van der Waals surface area (Å²) in [7, 11) is 1.94. The minimum absolute atomic E-state index is 0.766. The van der Waals surface area contributed by atoms with E-state index in [0.29, 0.717) is 0 Å². The van der Waals surface area contributed by atoms with Crippen LogP contribution in [0.2, 0.25) is 0 Å². The number of aromatic nitrogens is 3. The third-order valence-corrected chi connectivity index (χ3v) is 2.82. The monoisotopic (exact) mass is 222 g/mol. The smallest absolute Gasteiger partial charge is 0.0853 e. The number of hydrogen-bond acceptors (Lipinski definition) is 4. The van der Waals surface area contributed by atoms with Gasteiger partial charge in [-0.1, -0.05) is 6.92 Å². The Labute approximate surface area is 93.0 Å². The molecule has 80 valence electrons. The zero-order valence-electron chi connectivity index (χ0n) is 8.90. The topological polar surface area (TPSA) is 42.7 Å². The number of nitrogens with one attached hydrogen (secondary N) is 1. The quantitative estimate of drug-likeness (QED) is 0.861. The molecule has 2 aromatic heterocycles. The molecule has 0 atom stereocenters. The predicted molar refractivity (Wildman–Crippen MR) is 62.0 cm³/mol. The molecule has 0 aliphatic rings. The van der Waals surface area contributed by atoms with Gasteiger partial charge in [0.1, 0.15) is 0 Å². The van der Waals surface area contributed by atoms with Gasteiger partial charge in [-0.3, -0.25) is 4.68 Å². The van der Waals surface area contributed by atoms with Gasteiger partial charge in [0.2, 0.25) is 0 Å². The Morgan fingerprint density at radius 1 is 1.53 bits per heavy atom. The van der Waals surface area contributed by atoms with E-state index < -0.39 is 0 Å². The Hall–Kier alpha value is -1.36. The van der Waals surface area contributed by atoms with Crippen LogP contribution in [-0.4, -0.2) is 14.8 Å². The van der Waals surface area contributed by atoms with E-state index in [2.05, 4.69) is 27.7 Å². The van der Waals surface area contributed by atoms with Crippen molar-refractivity contribution in [2.75, 3.05) is 5.32 Å². The van der Waals surface area contributed by atoms with Crippen LogP contribution in [0.15, 0.2) is 17.1 Å². The molecule has 2 aromatic rings. The molecular formula is C10H14N4S. The average molecular weight is 222 g/mol. The molecule has 0 aliphatic heterocycles. The van der Waals surface area contributed by atoms with Crippen LogP contribution < -0.4 is 5.32 Å². The minimum Gasteiger partial charge on any atom is -0.377 e. The zero-order valence-corrected chi connectivity index (χ0v) is 9.71. The van der Waals surface area contributed by atoms with Gasteiger partial charge in [-0.2, -0.15) is 5.10 Å². The van der Waals surface area contributed by atoms with Gasteiger partial charge in [-0.05, 0) is 6.42 Å². The van der Waals surface area contributed by atoms with Crippen LogP contribution in [-0.2, 0) is 20.0 Å². The molecule has 0 radical (unpaired) electrons. The summed E-state index contributed by atoms with van der Waals surface area (Å²) in [6, 6.07) is 0. The fourth-order valence-corrected chi connectivity index (χ4v) is 2.01. The molecule has 0 aromatic carbocycles. The van der Waals surface area contributed by atoms with E-state index in [1.807, 2.05) is 23.4 Å². The standard InChI is InChI=1S/C10H14N4S/c1-3-9-10(5-14(2)13-9)11-4-8-6-15-7-12-8/h5-7,11H,3-4H2,1-2H3. The maximum absolute atomic E-state index is 4.37. The maximum atomic E-state index is 4.37. The average Bonchev–Trinajstić information content (AvgIpc) is 2.83. The second-order valence-electron chi connectivity index (χ2n) is 3.35. The lowest BCUT2D eigenvalue weighted by molar-refractivity contribution is 0.746. The molecule has 4 nitrogen and oxygen atoms in total. The lowest BCUT2D eigenvalue weighted by atomic mass is 10.3. The highest BCUT2D eigenvalue weighted by Gasteiger charge is 2.05. The van der Waals surface area contributed by atoms with Crippen molar-refractivity contribution in [1.29, 1.82) is 0 Å². The van der Waals surface area contributed by atoms with Crippen LogP contribution in [0.5, 0.6) is 0 Å². The molecule has 0 amide bonds. The lowest BCUT2D eigenvalue weighted by Crippen LogP contribution is -2.00. The van der Waals surface area contributed by atoms with Crippen molar-refractivity contribution < 1.29 is 0 Å². The predicted octanol–water partition coefficient (Wildman–Crippen LogP) is 2.05. The fraction of sp³-hybridized carbons (Fsp3) is 0.400. The summed E-state index contributed by atoms with van der Waals surface area (Å²) in [6.45, 7) is 2.87. The molecule has 1 N–H and O–H groups in total. The molecule has 0 saturated carbocycles. The molecule has 0 spiro atoms. The van der Waals surface area contributed by atoms with Gasteiger partial charge in [0.05, 0.1) is 29.1 Å². The van der Waals surface area contributed by atoms with Crippen molar-refractivity contribution in [3.63, 3.8) is 0 Å². The zero-order chi connectivity index (χ0) is 10.7. The van der Waals surface area contributed by atoms with E-state index in [9.17, 15) is 0 Å². The van der Waals surface area contributed by atoms with E-state index >= 15 is 0 Å². The van der Waals surface area contributed by atoms with E-state index in [1.165, 1.54) is 0 Å². The first-order valence-electron chi connectivity index (χ1n) is 4.93. The number of aryl methyl sites for hydroxylation is 2. The van der Waals surface area contributed by atoms with Crippen molar-refractivity contribution in [2.45, 2.75) is 19.9 Å². The molecule has 0 bridgehead atoms. The minimum atomic E-state index is 0.766. The van der Waals surface area contributed by atoms with Gasteiger partial charge in [-0.25, -0.2) is 4.98 Å². The number of hydrogen-bond donors (Lipinski definition) is 1. The number of rotatable bonds is 4. The summed E-state index contributed by atoms with van der Waals surface area (Å²) >= 11 is 1.62. The third-order valence-electron chi connectivity index (χ3n) is 2.18. The molecule has 0 aliphatic carbocycles. The van der Waals surface area contributed by atoms with Crippen molar-refractivity contribution >= 4 is 17.0 Å². The van der Waals surface area contributed by atoms with Crippen molar-refractivity contribution in [1.82, 2.24) is 14.8 Å². The molecule has 5 heteroatoms. The van der Waals surface area contributed by atoms with Crippen LogP contribution in [0.1, 0.15) is 18.3 Å². The van der Waals surface area contributed by atoms with Crippen LogP contribution in [0.3, 0.4) is 0 Å². The van der Waals surface area contributed by atoms with E-state index in [0.717, 1.165) is 30.0 Å². The molecule has 0 fully saturated rings. The third kappa shape index (κ3) is 2.36. The summed E-state index contributed by atoms with van der Waals surface area (Å²) in [5.74, 6) is 0. The molecule has 0 unspecified atom stereocenters. The summed E-state index contributed by atoms with van der Waals surface area (Å²) < 4.78 is 1.84. The Morgan fingerprint density at radius 3 is 3.07 bits per heavy atom. The first kappa shape index (κ1) is 10.2. The number of nitrogens with zero attached hydrogens (tertiary/aromatic N) is 3. The Balaban J connectivity index is 2.04. The van der Waals surface area contributed by atoms with Gasteiger partial charge in [-0.15, -0.1) is 11.3 Å². The summed E-state index contributed by atoms with van der Waals surface area (Å²) in [6.07, 6.45) is 2.95. The van der Waals surface area contributed by atoms with Crippen molar-refractivity contribution in [3.05, 3.63) is 28.5 Å². The summed E-state index contributed by atoms with van der Waals surface area (Å²) in [4.78, 5) is 4.22. The van der Waals surface area contributed by atoms with Crippen LogP contribution in [0.25, 0.3) is 0 Å². The van der Waals surface area contributed by atoms with Crippen LogP contribution >= 0.6 is 11.3 Å². The van der Waals surface area contributed by atoms with Crippen LogP contribution in [0, 0.1) is 0 Å². The van der Waals surface area contributed by atoms with Gasteiger partial charge < -0.3 is 5.32 Å². The highest BCUT2D eigenvalue weighted by Crippen LogP contribution is 2.14. The van der Waals surface area contributed by atoms with Gasteiger partial charge >= 0.3 is 0 Å². The van der Waals surface area contributed by atoms with Gasteiger partial charge in [0, 0.05) is 18.6 Å². The molecule has 2 rings (SSSR count). The largest absolute Gasteiger partial charge is 0.377 e. The maximum Gasteiger partial charge on any atom is 0.0853 e. The molecule has 15 heavy (non-hydrogen) atoms. The Kier molecular flexibility index (Phi) is 3.01. The van der Waals surface area contributed by atoms with E-state index in [4.69, 9.17) is 0 Å². The van der Waals surface area contributed by atoms with Crippen molar-refractivity contribution in [3.8, 4) is 0 Å². The number of anilines is 1.